The average Bonchev–Trinajstić information content (AvgIpc) is 2.97. The lowest BCUT2D eigenvalue weighted by molar-refractivity contribution is 0.574. The van der Waals surface area contributed by atoms with Gasteiger partial charge in [-0.2, -0.15) is 0 Å². The first-order valence-corrected chi connectivity index (χ1v) is 5.59. The Morgan fingerprint density at radius 1 is 1.38 bits per heavy atom. The molecule has 1 aromatic heterocycles. The van der Waals surface area contributed by atoms with E-state index in [0.29, 0.717) is 5.89 Å². The third-order valence-corrected chi connectivity index (χ3v) is 3.08. The highest BCUT2D eigenvalue weighted by Gasteiger charge is 2.17. The smallest absolute Gasteiger partial charge is 0.226 e. The lowest BCUT2D eigenvalue weighted by Crippen LogP contribution is -1.87. The molecule has 2 nitrogen and oxygen atoms in total. The normalized spacial score (nSPS) is 13.7. The fourth-order valence-corrected chi connectivity index (χ4v) is 2.21. The SMILES string of the molecule is CCC1=Cc2c(cccc2-c2ncco2)C1. The number of hydrogen-bond acceptors (Lipinski definition) is 2. The van der Waals surface area contributed by atoms with Gasteiger partial charge in [0, 0.05) is 5.56 Å². The van der Waals surface area contributed by atoms with E-state index in [2.05, 4.69) is 36.2 Å². The minimum atomic E-state index is 0.713. The molecule has 0 fully saturated rings. The van der Waals surface area contributed by atoms with Crippen molar-refractivity contribution in [3.8, 4) is 11.5 Å². The Labute approximate surface area is 94.6 Å². The lowest BCUT2D eigenvalue weighted by atomic mass is 10.0. The second-order valence-corrected chi connectivity index (χ2v) is 4.05. The topological polar surface area (TPSA) is 26.0 Å². The Morgan fingerprint density at radius 2 is 2.31 bits per heavy atom. The number of rotatable bonds is 2. The molecule has 1 aliphatic carbocycles. The third-order valence-electron chi connectivity index (χ3n) is 3.08. The van der Waals surface area contributed by atoms with Crippen LogP contribution < -0.4 is 0 Å². The summed E-state index contributed by atoms with van der Waals surface area (Å²) in [6.07, 6.45) is 7.76. The fourth-order valence-electron chi connectivity index (χ4n) is 2.21. The van der Waals surface area contributed by atoms with E-state index in [1.54, 1.807) is 12.5 Å². The average molecular weight is 211 g/mol. The Bertz CT molecular complexity index is 538. The van der Waals surface area contributed by atoms with E-state index in [4.69, 9.17) is 4.42 Å². The van der Waals surface area contributed by atoms with E-state index < -0.39 is 0 Å². The first-order chi connectivity index (χ1) is 7.88. The minimum absolute atomic E-state index is 0.713. The number of benzene rings is 1. The maximum atomic E-state index is 5.37. The zero-order chi connectivity index (χ0) is 11.0. The predicted octanol–water partition coefficient (Wildman–Crippen LogP) is 3.69. The van der Waals surface area contributed by atoms with Crippen LogP contribution in [0.15, 0.2) is 40.6 Å². The second kappa shape index (κ2) is 3.63. The van der Waals surface area contributed by atoms with E-state index in [9.17, 15) is 0 Å². The van der Waals surface area contributed by atoms with Gasteiger partial charge in [0.15, 0.2) is 0 Å². The molecule has 16 heavy (non-hydrogen) atoms. The predicted molar refractivity (Wildman–Crippen MR) is 63.9 cm³/mol. The largest absolute Gasteiger partial charge is 0.445 e. The molecule has 0 spiro atoms. The fraction of sp³-hybridized carbons (Fsp3) is 0.214. The molecule has 0 N–H and O–H groups in total. The van der Waals surface area contributed by atoms with Crippen LogP contribution in [0.4, 0.5) is 0 Å². The van der Waals surface area contributed by atoms with Gasteiger partial charge in [0.05, 0.1) is 6.20 Å². The van der Waals surface area contributed by atoms with Gasteiger partial charge in [-0.1, -0.05) is 30.7 Å². The maximum absolute atomic E-state index is 5.37. The van der Waals surface area contributed by atoms with Crippen LogP contribution in [0.2, 0.25) is 0 Å². The summed E-state index contributed by atoms with van der Waals surface area (Å²) in [4.78, 5) is 4.22. The molecular formula is C14H13NO. The Hall–Kier alpha value is -1.83. The zero-order valence-electron chi connectivity index (χ0n) is 9.23. The molecule has 1 heterocycles. The summed E-state index contributed by atoms with van der Waals surface area (Å²) in [5.74, 6) is 0.713. The number of nitrogens with zero attached hydrogens (tertiary/aromatic N) is 1. The number of hydrogen-bond donors (Lipinski definition) is 0. The summed E-state index contributed by atoms with van der Waals surface area (Å²) in [6, 6.07) is 6.32. The summed E-state index contributed by atoms with van der Waals surface area (Å²) < 4.78 is 5.37. The molecule has 0 aliphatic heterocycles. The van der Waals surface area contributed by atoms with Gasteiger partial charge < -0.3 is 4.42 Å². The Balaban J connectivity index is 2.15. The van der Waals surface area contributed by atoms with Crippen LogP contribution in [0.1, 0.15) is 24.5 Å². The van der Waals surface area contributed by atoms with Gasteiger partial charge in [0.1, 0.15) is 6.26 Å². The second-order valence-electron chi connectivity index (χ2n) is 4.05. The number of aromatic nitrogens is 1. The first-order valence-electron chi connectivity index (χ1n) is 5.59. The molecule has 0 atom stereocenters. The van der Waals surface area contributed by atoms with Crippen molar-refractivity contribution in [3.05, 3.63) is 47.4 Å². The van der Waals surface area contributed by atoms with E-state index >= 15 is 0 Å². The Kier molecular flexibility index (Phi) is 2.13. The van der Waals surface area contributed by atoms with Crippen molar-refractivity contribution in [2.24, 2.45) is 0 Å². The molecular weight excluding hydrogens is 198 g/mol. The molecule has 0 bridgehead atoms. The zero-order valence-corrected chi connectivity index (χ0v) is 9.23. The highest BCUT2D eigenvalue weighted by Crippen LogP contribution is 2.33. The maximum Gasteiger partial charge on any atom is 0.226 e. The molecule has 2 heteroatoms. The van der Waals surface area contributed by atoms with Crippen molar-refractivity contribution < 1.29 is 4.42 Å². The third kappa shape index (κ3) is 1.38. The number of allylic oxidation sites excluding steroid dienone is 1. The monoisotopic (exact) mass is 211 g/mol. The number of oxazole rings is 1. The highest BCUT2D eigenvalue weighted by molar-refractivity contribution is 5.77. The molecule has 1 aromatic carbocycles. The van der Waals surface area contributed by atoms with Crippen LogP contribution in [0, 0.1) is 0 Å². The van der Waals surface area contributed by atoms with Crippen LogP contribution in [-0.4, -0.2) is 4.98 Å². The van der Waals surface area contributed by atoms with Crippen LogP contribution in [-0.2, 0) is 6.42 Å². The van der Waals surface area contributed by atoms with Crippen molar-refractivity contribution in [3.63, 3.8) is 0 Å². The van der Waals surface area contributed by atoms with Crippen LogP contribution >= 0.6 is 0 Å². The van der Waals surface area contributed by atoms with Crippen molar-refractivity contribution in [1.82, 2.24) is 4.98 Å². The van der Waals surface area contributed by atoms with E-state index in [1.165, 1.54) is 16.7 Å². The molecule has 80 valence electrons. The minimum Gasteiger partial charge on any atom is -0.445 e. The van der Waals surface area contributed by atoms with Gasteiger partial charge in [-0.3, -0.25) is 0 Å². The van der Waals surface area contributed by atoms with E-state index in [0.717, 1.165) is 18.4 Å². The van der Waals surface area contributed by atoms with Crippen LogP contribution in [0.5, 0.6) is 0 Å². The van der Waals surface area contributed by atoms with Crippen molar-refractivity contribution in [1.29, 1.82) is 0 Å². The van der Waals surface area contributed by atoms with Crippen molar-refractivity contribution >= 4 is 6.08 Å². The summed E-state index contributed by atoms with van der Waals surface area (Å²) in [6.45, 7) is 2.20. The molecule has 0 amide bonds. The number of fused-ring (bicyclic) bond motifs is 1. The van der Waals surface area contributed by atoms with Gasteiger partial charge in [0.25, 0.3) is 0 Å². The molecule has 2 aromatic rings. The molecule has 0 saturated heterocycles. The van der Waals surface area contributed by atoms with Gasteiger partial charge in [-0.15, -0.1) is 0 Å². The van der Waals surface area contributed by atoms with Gasteiger partial charge >= 0.3 is 0 Å². The summed E-state index contributed by atoms with van der Waals surface area (Å²) in [7, 11) is 0. The van der Waals surface area contributed by atoms with Crippen molar-refractivity contribution in [2.45, 2.75) is 19.8 Å². The van der Waals surface area contributed by atoms with E-state index in [1.807, 2.05) is 0 Å². The lowest BCUT2D eigenvalue weighted by Gasteiger charge is -2.03. The van der Waals surface area contributed by atoms with Gasteiger partial charge in [-0.25, -0.2) is 4.98 Å². The summed E-state index contributed by atoms with van der Waals surface area (Å²) in [5.41, 5.74) is 5.24. The summed E-state index contributed by atoms with van der Waals surface area (Å²) >= 11 is 0. The van der Waals surface area contributed by atoms with Gasteiger partial charge in [-0.05, 0) is 30.0 Å². The molecule has 1 aliphatic rings. The first kappa shape index (κ1) is 9.40. The van der Waals surface area contributed by atoms with Gasteiger partial charge in [0.2, 0.25) is 5.89 Å². The van der Waals surface area contributed by atoms with Crippen LogP contribution in [0.25, 0.3) is 17.5 Å². The molecule has 0 radical (unpaired) electrons. The standard InChI is InChI=1S/C14H13NO/c1-2-10-8-11-4-3-5-12(13(11)9-10)14-15-6-7-16-14/h3-7,9H,2,8H2,1H3. The molecule has 0 unspecified atom stereocenters. The van der Waals surface area contributed by atoms with Crippen molar-refractivity contribution in [2.75, 3.05) is 0 Å². The molecule has 0 saturated carbocycles. The van der Waals surface area contributed by atoms with Crippen LogP contribution in [0.3, 0.4) is 0 Å². The summed E-state index contributed by atoms with van der Waals surface area (Å²) in [5, 5.41) is 0. The Morgan fingerprint density at radius 3 is 3.06 bits per heavy atom. The molecule has 3 rings (SSSR count). The van der Waals surface area contributed by atoms with E-state index in [-0.39, 0.29) is 0 Å². The highest BCUT2D eigenvalue weighted by atomic mass is 16.3. The quantitative estimate of drug-likeness (QED) is 0.757.